The summed E-state index contributed by atoms with van der Waals surface area (Å²) in [7, 11) is 0. The number of nitrogens with zero attached hydrogens (tertiary/aromatic N) is 1. The van der Waals surface area contributed by atoms with Crippen molar-refractivity contribution in [2.45, 2.75) is 6.92 Å². The molecular formula is C9H5FN2O4. The lowest BCUT2D eigenvalue weighted by Crippen LogP contribution is -2.12. The molecule has 2 rings (SSSR count). The number of halogens is 1. The number of nitro benzene ring substituents is 1. The van der Waals surface area contributed by atoms with Crippen LogP contribution in [0.25, 0.3) is 0 Å². The molecule has 0 bridgehead atoms. The van der Waals surface area contributed by atoms with Gasteiger partial charge in [0.15, 0.2) is 0 Å². The van der Waals surface area contributed by atoms with Gasteiger partial charge in [-0.2, -0.15) is 4.39 Å². The number of fused-ring (bicyclic) bond motifs is 1. The van der Waals surface area contributed by atoms with Crippen LogP contribution >= 0.6 is 0 Å². The molecule has 0 aromatic heterocycles. The van der Waals surface area contributed by atoms with Gasteiger partial charge < -0.3 is 5.32 Å². The molecule has 0 saturated carbocycles. The van der Waals surface area contributed by atoms with E-state index in [0.29, 0.717) is 0 Å². The van der Waals surface area contributed by atoms with Gasteiger partial charge >= 0.3 is 5.69 Å². The van der Waals surface area contributed by atoms with E-state index in [0.717, 1.165) is 6.07 Å². The number of nitrogens with one attached hydrogen (secondary N) is 1. The van der Waals surface area contributed by atoms with E-state index in [-0.39, 0.29) is 16.8 Å². The molecule has 7 heteroatoms. The molecule has 82 valence electrons. The number of carbonyl (C=O) groups excluding carboxylic acids is 2. The molecule has 1 aromatic rings. The number of carbonyl (C=O) groups is 2. The van der Waals surface area contributed by atoms with E-state index in [4.69, 9.17) is 0 Å². The molecule has 0 spiro atoms. The molecule has 0 saturated heterocycles. The maximum Gasteiger partial charge on any atom is 0.305 e. The predicted molar refractivity (Wildman–Crippen MR) is 50.8 cm³/mol. The number of Topliss-reactive ketones (excluding diaryl/α,β-unsaturated/α-hetero) is 1. The van der Waals surface area contributed by atoms with E-state index in [1.165, 1.54) is 6.92 Å². The highest BCUT2D eigenvalue weighted by molar-refractivity contribution is 6.51. The molecule has 1 aliphatic rings. The molecule has 6 nitrogen and oxygen atoms in total. The molecule has 16 heavy (non-hydrogen) atoms. The molecule has 0 fully saturated rings. The first kappa shape index (κ1) is 10.2. The maximum absolute atomic E-state index is 13.5. The Morgan fingerprint density at radius 1 is 1.44 bits per heavy atom. The third kappa shape index (κ3) is 1.18. The van der Waals surface area contributed by atoms with Gasteiger partial charge in [-0.05, 0) is 6.92 Å². The Morgan fingerprint density at radius 2 is 2.06 bits per heavy atom. The third-order valence-corrected chi connectivity index (χ3v) is 2.37. The first-order valence-corrected chi connectivity index (χ1v) is 4.26. The van der Waals surface area contributed by atoms with E-state index in [2.05, 4.69) is 5.32 Å². The Kier molecular flexibility index (Phi) is 1.97. The van der Waals surface area contributed by atoms with Crippen molar-refractivity contribution in [3.8, 4) is 0 Å². The molecule has 1 aromatic carbocycles. The fourth-order valence-corrected chi connectivity index (χ4v) is 1.54. The van der Waals surface area contributed by atoms with Crippen molar-refractivity contribution in [2.24, 2.45) is 0 Å². The molecule has 1 N–H and O–H groups in total. The summed E-state index contributed by atoms with van der Waals surface area (Å²) in [5, 5.41) is 12.7. The number of benzene rings is 1. The van der Waals surface area contributed by atoms with Gasteiger partial charge in [0.2, 0.25) is 5.82 Å². The standard InChI is InChI=1S/C9H5FN2O4/c1-3-6(10)5(12(15)16)2-4-7(3)11-9(14)8(4)13/h2H,1H3,(H,11,13,14). The highest BCUT2D eigenvalue weighted by Crippen LogP contribution is 2.34. The van der Waals surface area contributed by atoms with Crippen LogP contribution in [0.15, 0.2) is 6.07 Å². The van der Waals surface area contributed by atoms with Gasteiger partial charge in [0.1, 0.15) is 0 Å². The second-order valence-corrected chi connectivity index (χ2v) is 3.30. The quantitative estimate of drug-likeness (QED) is 0.440. The number of nitro groups is 1. The Hall–Kier alpha value is -2.31. The minimum Gasteiger partial charge on any atom is -0.318 e. The fourth-order valence-electron chi connectivity index (χ4n) is 1.54. The van der Waals surface area contributed by atoms with Crippen LogP contribution in [0.4, 0.5) is 15.8 Å². The third-order valence-electron chi connectivity index (χ3n) is 2.37. The first-order chi connectivity index (χ1) is 7.43. The van der Waals surface area contributed by atoms with Crippen LogP contribution in [0.1, 0.15) is 15.9 Å². The summed E-state index contributed by atoms with van der Waals surface area (Å²) in [6.07, 6.45) is 0. The van der Waals surface area contributed by atoms with Crippen molar-refractivity contribution in [2.75, 3.05) is 5.32 Å². The Balaban J connectivity index is 2.76. The van der Waals surface area contributed by atoms with Gasteiger partial charge in [-0.3, -0.25) is 19.7 Å². The Bertz CT molecular complexity index is 553. The summed E-state index contributed by atoms with van der Waals surface area (Å²) < 4.78 is 13.5. The highest BCUT2D eigenvalue weighted by Gasteiger charge is 2.34. The van der Waals surface area contributed by atoms with Crippen molar-refractivity contribution in [3.63, 3.8) is 0 Å². The monoisotopic (exact) mass is 224 g/mol. The minimum atomic E-state index is -1.04. The van der Waals surface area contributed by atoms with Crippen LogP contribution in [0.3, 0.4) is 0 Å². The van der Waals surface area contributed by atoms with Crippen LogP contribution in [0.5, 0.6) is 0 Å². The lowest BCUT2D eigenvalue weighted by atomic mass is 10.1. The first-order valence-electron chi connectivity index (χ1n) is 4.26. The smallest absolute Gasteiger partial charge is 0.305 e. The second-order valence-electron chi connectivity index (χ2n) is 3.30. The van der Waals surface area contributed by atoms with Crippen molar-refractivity contribution in [3.05, 3.63) is 33.1 Å². The van der Waals surface area contributed by atoms with Gasteiger partial charge in [0, 0.05) is 11.6 Å². The number of hydrogen-bond donors (Lipinski definition) is 1. The Morgan fingerprint density at radius 3 is 2.62 bits per heavy atom. The summed E-state index contributed by atoms with van der Waals surface area (Å²) in [5.74, 6) is -2.84. The number of anilines is 1. The van der Waals surface area contributed by atoms with Crippen LogP contribution in [0, 0.1) is 22.9 Å². The largest absolute Gasteiger partial charge is 0.318 e. The normalized spacial score (nSPS) is 13.6. The van der Waals surface area contributed by atoms with Gasteiger partial charge in [0.25, 0.3) is 11.7 Å². The molecule has 1 heterocycles. The molecule has 0 aliphatic carbocycles. The molecular weight excluding hydrogens is 219 g/mol. The zero-order chi connectivity index (χ0) is 12.0. The molecule has 0 atom stereocenters. The summed E-state index contributed by atoms with van der Waals surface area (Å²) in [6.45, 7) is 1.26. The van der Waals surface area contributed by atoms with Crippen molar-refractivity contribution in [1.82, 2.24) is 0 Å². The zero-order valence-electron chi connectivity index (χ0n) is 8.04. The zero-order valence-corrected chi connectivity index (χ0v) is 8.04. The SMILES string of the molecule is Cc1c(F)c([N+](=O)[O-])cc2c1NC(=O)C2=O. The van der Waals surface area contributed by atoms with Gasteiger partial charge in [0.05, 0.1) is 16.2 Å². The highest BCUT2D eigenvalue weighted by atomic mass is 19.1. The lowest BCUT2D eigenvalue weighted by Gasteiger charge is -2.03. The molecule has 1 aliphatic heterocycles. The van der Waals surface area contributed by atoms with Crippen molar-refractivity contribution >= 4 is 23.1 Å². The van der Waals surface area contributed by atoms with Crippen LogP contribution in [-0.2, 0) is 4.79 Å². The van der Waals surface area contributed by atoms with Gasteiger partial charge in [-0.15, -0.1) is 0 Å². The minimum absolute atomic E-state index is 0.0121. The van der Waals surface area contributed by atoms with E-state index < -0.39 is 28.1 Å². The van der Waals surface area contributed by atoms with E-state index in [1.54, 1.807) is 0 Å². The van der Waals surface area contributed by atoms with Crippen LogP contribution < -0.4 is 5.32 Å². The number of rotatable bonds is 1. The average Bonchev–Trinajstić information content (AvgIpc) is 2.50. The van der Waals surface area contributed by atoms with E-state index in [9.17, 15) is 24.1 Å². The van der Waals surface area contributed by atoms with Crippen LogP contribution in [-0.4, -0.2) is 16.6 Å². The molecule has 1 amide bonds. The van der Waals surface area contributed by atoms with Crippen LogP contribution in [0.2, 0.25) is 0 Å². The number of ketones is 1. The number of amides is 1. The lowest BCUT2D eigenvalue weighted by molar-refractivity contribution is -0.387. The Labute approximate surface area is 88.2 Å². The van der Waals surface area contributed by atoms with Crippen molar-refractivity contribution < 1.29 is 18.9 Å². The summed E-state index contributed by atoms with van der Waals surface area (Å²) in [5.41, 5.74) is -1.06. The van der Waals surface area contributed by atoms with Gasteiger partial charge in [-0.1, -0.05) is 0 Å². The van der Waals surface area contributed by atoms with Gasteiger partial charge in [-0.25, -0.2) is 0 Å². The van der Waals surface area contributed by atoms with E-state index >= 15 is 0 Å². The van der Waals surface area contributed by atoms with E-state index in [1.807, 2.05) is 0 Å². The number of hydrogen-bond acceptors (Lipinski definition) is 4. The topological polar surface area (TPSA) is 89.3 Å². The molecule has 0 radical (unpaired) electrons. The fraction of sp³-hybridized carbons (Fsp3) is 0.111. The average molecular weight is 224 g/mol. The summed E-state index contributed by atoms with van der Waals surface area (Å²) in [4.78, 5) is 31.9. The second kappa shape index (κ2) is 3.09. The predicted octanol–water partition coefficient (Wildman–Crippen LogP) is 1.18. The van der Waals surface area contributed by atoms with Crippen molar-refractivity contribution in [1.29, 1.82) is 0 Å². The summed E-state index contributed by atoms with van der Waals surface area (Å²) in [6, 6.07) is 0.776. The maximum atomic E-state index is 13.5. The molecule has 0 unspecified atom stereocenters. The summed E-state index contributed by atoms with van der Waals surface area (Å²) >= 11 is 0.